The second kappa shape index (κ2) is 7.23. The van der Waals surface area contributed by atoms with Crippen molar-refractivity contribution < 1.29 is 19.1 Å². The molecule has 8 heteroatoms. The molecule has 1 heterocycles. The molecule has 0 saturated carbocycles. The number of anilines is 1. The zero-order chi connectivity index (χ0) is 17.8. The van der Waals surface area contributed by atoms with E-state index < -0.39 is 0 Å². The molecular formula is C17H14ClN3O4. The minimum absolute atomic E-state index is 0.150. The number of hydrogen-bond acceptors (Lipinski definition) is 5. The molecule has 0 bridgehead atoms. The van der Waals surface area contributed by atoms with Crippen LogP contribution in [0.5, 0.6) is 11.5 Å². The topological polar surface area (TPSA) is 89.0 Å². The van der Waals surface area contributed by atoms with E-state index in [1.165, 1.54) is 13.1 Å². The number of amides is 2. The fraction of sp³-hybridized carbons (Fsp3) is 0.118. The Morgan fingerprint density at radius 1 is 1.16 bits per heavy atom. The van der Waals surface area contributed by atoms with Gasteiger partial charge in [0.25, 0.3) is 5.91 Å². The van der Waals surface area contributed by atoms with Crippen LogP contribution in [0.25, 0.3) is 0 Å². The van der Waals surface area contributed by atoms with E-state index in [1.807, 2.05) is 0 Å². The Kier molecular flexibility index (Phi) is 4.85. The average molecular weight is 360 g/mol. The van der Waals surface area contributed by atoms with Gasteiger partial charge in [0.2, 0.25) is 12.7 Å². The minimum Gasteiger partial charge on any atom is -0.454 e. The summed E-state index contributed by atoms with van der Waals surface area (Å²) in [5.41, 5.74) is 4.02. The molecule has 0 fully saturated rings. The predicted octanol–water partition coefficient (Wildman–Crippen LogP) is 2.79. The van der Waals surface area contributed by atoms with Crippen LogP contribution in [0, 0.1) is 0 Å². The van der Waals surface area contributed by atoms with Gasteiger partial charge in [-0.3, -0.25) is 9.59 Å². The summed E-state index contributed by atoms with van der Waals surface area (Å²) in [4.78, 5) is 23.0. The van der Waals surface area contributed by atoms with Crippen molar-refractivity contribution in [3.63, 3.8) is 0 Å². The Bertz CT molecular complexity index is 850. The summed E-state index contributed by atoms with van der Waals surface area (Å²) < 4.78 is 10.5. The summed E-state index contributed by atoms with van der Waals surface area (Å²) >= 11 is 6.13. The van der Waals surface area contributed by atoms with Gasteiger partial charge in [-0.1, -0.05) is 11.6 Å². The first-order chi connectivity index (χ1) is 12.0. The minimum atomic E-state index is -0.387. The SMILES string of the molecule is CC(=O)Nc1ccc(C(=O)N/N=C\c2cc3c(cc2Cl)OCO3)cc1. The van der Waals surface area contributed by atoms with Gasteiger partial charge in [-0.2, -0.15) is 5.10 Å². The van der Waals surface area contributed by atoms with Crippen molar-refractivity contribution in [1.29, 1.82) is 0 Å². The highest BCUT2D eigenvalue weighted by Gasteiger charge is 2.15. The lowest BCUT2D eigenvalue weighted by atomic mass is 10.2. The third-order valence-corrected chi connectivity index (χ3v) is 3.66. The molecule has 2 aromatic rings. The molecule has 1 aliphatic rings. The molecule has 3 rings (SSSR count). The smallest absolute Gasteiger partial charge is 0.271 e. The first-order valence-corrected chi connectivity index (χ1v) is 7.71. The first kappa shape index (κ1) is 16.8. The number of fused-ring (bicyclic) bond motifs is 1. The summed E-state index contributed by atoms with van der Waals surface area (Å²) in [7, 11) is 0. The van der Waals surface area contributed by atoms with Crippen LogP contribution in [0.4, 0.5) is 5.69 Å². The van der Waals surface area contributed by atoms with Crippen molar-refractivity contribution in [1.82, 2.24) is 5.43 Å². The Balaban J connectivity index is 1.64. The normalized spacial score (nSPS) is 12.2. The van der Waals surface area contributed by atoms with Gasteiger partial charge in [-0.25, -0.2) is 5.43 Å². The molecule has 2 aromatic carbocycles. The van der Waals surface area contributed by atoms with E-state index in [4.69, 9.17) is 21.1 Å². The predicted molar refractivity (Wildman–Crippen MR) is 93.4 cm³/mol. The third kappa shape index (κ3) is 4.07. The maximum Gasteiger partial charge on any atom is 0.271 e. The highest BCUT2D eigenvalue weighted by atomic mass is 35.5. The maximum absolute atomic E-state index is 12.1. The maximum atomic E-state index is 12.1. The standard InChI is InChI=1S/C17H14ClN3O4/c1-10(22)20-13-4-2-11(3-5-13)17(23)21-19-8-12-6-15-16(7-14(12)18)25-9-24-15/h2-8H,9H2,1H3,(H,20,22)(H,21,23)/b19-8-. The van der Waals surface area contributed by atoms with Gasteiger partial charge in [0.05, 0.1) is 11.2 Å². The Labute approximate surface area is 148 Å². The van der Waals surface area contributed by atoms with Crippen molar-refractivity contribution in [3.8, 4) is 11.5 Å². The fourth-order valence-corrected chi connectivity index (χ4v) is 2.37. The molecule has 0 atom stereocenters. The van der Waals surface area contributed by atoms with Crippen molar-refractivity contribution in [2.24, 2.45) is 5.10 Å². The number of ether oxygens (including phenoxy) is 2. The first-order valence-electron chi connectivity index (χ1n) is 7.33. The van der Waals surface area contributed by atoms with Crippen LogP contribution in [0.2, 0.25) is 5.02 Å². The molecule has 2 N–H and O–H groups in total. The van der Waals surface area contributed by atoms with Crippen LogP contribution in [0.1, 0.15) is 22.8 Å². The number of nitrogens with zero attached hydrogens (tertiary/aromatic N) is 1. The number of hydrazone groups is 1. The zero-order valence-corrected chi connectivity index (χ0v) is 14.0. The van der Waals surface area contributed by atoms with Gasteiger partial charge in [0, 0.05) is 29.8 Å². The van der Waals surface area contributed by atoms with E-state index in [-0.39, 0.29) is 18.6 Å². The van der Waals surface area contributed by atoms with Gasteiger partial charge in [0.1, 0.15) is 0 Å². The number of hydrogen-bond donors (Lipinski definition) is 2. The van der Waals surface area contributed by atoms with E-state index >= 15 is 0 Å². The Hall–Kier alpha value is -3.06. The molecule has 0 aliphatic carbocycles. The quantitative estimate of drug-likeness (QED) is 0.649. The Morgan fingerprint density at radius 2 is 1.84 bits per heavy atom. The number of rotatable bonds is 4. The Morgan fingerprint density at radius 3 is 2.52 bits per heavy atom. The second-order valence-corrected chi connectivity index (χ2v) is 5.59. The van der Waals surface area contributed by atoms with Gasteiger partial charge < -0.3 is 14.8 Å². The highest BCUT2D eigenvalue weighted by molar-refractivity contribution is 6.33. The van der Waals surface area contributed by atoms with Crippen LogP contribution >= 0.6 is 11.6 Å². The van der Waals surface area contributed by atoms with E-state index in [1.54, 1.807) is 36.4 Å². The van der Waals surface area contributed by atoms with Crippen molar-refractivity contribution in [2.45, 2.75) is 6.92 Å². The monoisotopic (exact) mass is 359 g/mol. The van der Waals surface area contributed by atoms with E-state index in [0.717, 1.165) is 0 Å². The number of carbonyl (C=O) groups excluding carboxylic acids is 2. The lowest BCUT2D eigenvalue weighted by Crippen LogP contribution is -2.17. The lowest BCUT2D eigenvalue weighted by Gasteiger charge is -2.04. The molecule has 2 amide bonds. The molecule has 1 aliphatic heterocycles. The zero-order valence-electron chi connectivity index (χ0n) is 13.2. The average Bonchev–Trinajstić information content (AvgIpc) is 3.02. The largest absolute Gasteiger partial charge is 0.454 e. The molecule has 0 saturated heterocycles. The molecule has 0 aromatic heterocycles. The van der Waals surface area contributed by atoms with Crippen molar-refractivity contribution in [3.05, 3.63) is 52.5 Å². The van der Waals surface area contributed by atoms with Gasteiger partial charge in [-0.05, 0) is 30.3 Å². The molecule has 0 unspecified atom stereocenters. The van der Waals surface area contributed by atoms with Crippen molar-refractivity contribution in [2.75, 3.05) is 12.1 Å². The molecule has 0 radical (unpaired) electrons. The van der Waals surface area contributed by atoms with Crippen LogP contribution < -0.4 is 20.2 Å². The van der Waals surface area contributed by atoms with Crippen LogP contribution in [-0.2, 0) is 4.79 Å². The van der Waals surface area contributed by atoms with E-state index in [9.17, 15) is 9.59 Å². The summed E-state index contributed by atoms with van der Waals surface area (Å²) in [6, 6.07) is 9.76. The third-order valence-electron chi connectivity index (χ3n) is 3.33. The highest BCUT2D eigenvalue weighted by Crippen LogP contribution is 2.36. The van der Waals surface area contributed by atoms with E-state index in [2.05, 4.69) is 15.8 Å². The lowest BCUT2D eigenvalue weighted by molar-refractivity contribution is -0.114. The second-order valence-electron chi connectivity index (χ2n) is 5.18. The summed E-state index contributed by atoms with van der Waals surface area (Å²) in [6.07, 6.45) is 1.42. The number of halogens is 1. The molecular weight excluding hydrogens is 346 g/mol. The van der Waals surface area contributed by atoms with Crippen LogP contribution in [0.15, 0.2) is 41.5 Å². The fourth-order valence-electron chi connectivity index (χ4n) is 2.17. The summed E-state index contributed by atoms with van der Waals surface area (Å²) in [6.45, 7) is 1.56. The number of carbonyl (C=O) groups is 2. The van der Waals surface area contributed by atoms with Crippen molar-refractivity contribution >= 4 is 35.3 Å². The van der Waals surface area contributed by atoms with Gasteiger partial charge in [0.15, 0.2) is 11.5 Å². The van der Waals surface area contributed by atoms with Gasteiger partial charge in [-0.15, -0.1) is 0 Å². The van der Waals surface area contributed by atoms with Crippen LogP contribution in [-0.4, -0.2) is 24.8 Å². The molecule has 128 valence electrons. The number of benzene rings is 2. The van der Waals surface area contributed by atoms with Gasteiger partial charge >= 0.3 is 0 Å². The summed E-state index contributed by atoms with van der Waals surface area (Å²) in [5.74, 6) is 0.584. The molecule has 25 heavy (non-hydrogen) atoms. The summed E-state index contributed by atoms with van der Waals surface area (Å²) in [5, 5.41) is 6.96. The molecule has 7 nitrogen and oxygen atoms in total. The number of nitrogens with one attached hydrogen (secondary N) is 2. The molecule has 0 spiro atoms. The van der Waals surface area contributed by atoms with E-state index in [0.29, 0.717) is 33.3 Å². The van der Waals surface area contributed by atoms with Crippen LogP contribution in [0.3, 0.4) is 0 Å².